The number of para-hydroxylation sites is 1. The fourth-order valence-electron chi connectivity index (χ4n) is 3.12. The van der Waals surface area contributed by atoms with E-state index in [0.717, 1.165) is 5.39 Å². The number of fused-ring (bicyclic) bond motifs is 1. The molecule has 1 N–H and O–H groups in total. The van der Waals surface area contributed by atoms with E-state index in [9.17, 15) is 14.4 Å². The van der Waals surface area contributed by atoms with Crippen LogP contribution >= 0.6 is 0 Å². The zero-order valence-corrected chi connectivity index (χ0v) is 14.0. The third-order valence-corrected chi connectivity index (χ3v) is 4.54. The Hall–Kier alpha value is -3.35. The molecule has 1 fully saturated rings. The fourth-order valence-corrected chi connectivity index (χ4v) is 3.12. The van der Waals surface area contributed by atoms with Crippen LogP contribution in [0.3, 0.4) is 0 Å². The Kier molecular flexibility index (Phi) is 4.04. The number of hydrogen-bond acceptors (Lipinski definition) is 4. The van der Waals surface area contributed by atoms with Crippen LogP contribution in [0.15, 0.2) is 57.9 Å². The summed E-state index contributed by atoms with van der Waals surface area (Å²) >= 11 is 0. The van der Waals surface area contributed by atoms with Crippen LogP contribution < -0.4 is 5.56 Å². The van der Waals surface area contributed by atoms with Crippen LogP contribution in [0.5, 0.6) is 0 Å². The summed E-state index contributed by atoms with van der Waals surface area (Å²) in [6.45, 7) is 1.54. The molecule has 0 spiro atoms. The maximum atomic E-state index is 12.6. The molecule has 1 saturated heterocycles. The molecule has 0 radical (unpaired) electrons. The molecule has 0 saturated carbocycles. The second-order valence-electron chi connectivity index (χ2n) is 6.15. The van der Waals surface area contributed by atoms with Crippen molar-refractivity contribution in [2.45, 2.75) is 0 Å². The van der Waals surface area contributed by atoms with Gasteiger partial charge in [-0.3, -0.25) is 14.4 Å². The third-order valence-electron chi connectivity index (χ3n) is 4.54. The molecular formula is C19H17N3O4. The predicted octanol–water partition coefficient (Wildman–Crippen LogP) is 1.72. The number of amides is 2. The third kappa shape index (κ3) is 2.88. The Balaban J connectivity index is 1.44. The Bertz CT molecular complexity index is 995. The number of carbonyl (C=O) groups excluding carboxylic acids is 2. The predicted molar refractivity (Wildman–Crippen MR) is 95.1 cm³/mol. The largest absolute Gasteiger partial charge is 0.451 e. The summed E-state index contributed by atoms with van der Waals surface area (Å²) in [7, 11) is 0. The second-order valence-corrected chi connectivity index (χ2v) is 6.15. The highest BCUT2D eigenvalue weighted by Gasteiger charge is 2.27. The van der Waals surface area contributed by atoms with Crippen LogP contribution in [-0.4, -0.2) is 52.8 Å². The maximum Gasteiger partial charge on any atom is 0.289 e. The molecule has 3 aromatic rings. The van der Waals surface area contributed by atoms with E-state index >= 15 is 0 Å². The highest BCUT2D eigenvalue weighted by atomic mass is 16.3. The van der Waals surface area contributed by atoms with Gasteiger partial charge in [-0.05, 0) is 24.3 Å². The van der Waals surface area contributed by atoms with E-state index in [1.807, 2.05) is 24.3 Å². The SMILES string of the molecule is O=C(c1cc2ccccc2o1)N1CCN(C(=O)c2ccc[nH]c2=O)CC1. The smallest absolute Gasteiger partial charge is 0.289 e. The van der Waals surface area contributed by atoms with Crippen LogP contribution in [0.4, 0.5) is 0 Å². The molecule has 7 nitrogen and oxygen atoms in total. The lowest BCUT2D eigenvalue weighted by Gasteiger charge is -2.34. The van der Waals surface area contributed by atoms with E-state index in [0.29, 0.717) is 37.5 Å². The molecule has 1 aromatic carbocycles. The van der Waals surface area contributed by atoms with Crippen LogP contribution in [0, 0.1) is 0 Å². The molecule has 0 unspecified atom stereocenters. The minimum Gasteiger partial charge on any atom is -0.451 e. The van der Waals surface area contributed by atoms with E-state index in [-0.39, 0.29) is 17.4 Å². The lowest BCUT2D eigenvalue weighted by Crippen LogP contribution is -2.51. The van der Waals surface area contributed by atoms with Crippen molar-refractivity contribution in [3.63, 3.8) is 0 Å². The molecule has 132 valence electrons. The molecule has 0 bridgehead atoms. The minimum absolute atomic E-state index is 0.115. The molecule has 4 rings (SSSR count). The zero-order valence-electron chi connectivity index (χ0n) is 14.0. The number of aromatic nitrogens is 1. The van der Waals surface area contributed by atoms with Crippen LogP contribution in [0.1, 0.15) is 20.9 Å². The van der Waals surface area contributed by atoms with Crippen LogP contribution in [-0.2, 0) is 0 Å². The van der Waals surface area contributed by atoms with Gasteiger partial charge in [0.25, 0.3) is 17.4 Å². The van der Waals surface area contributed by atoms with Gasteiger partial charge in [-0.2, -0.15) is 0 Å². The van der Waals surface area contributed by atoms with Crippen molar-refractivity contribution >= 4 is 22.8 Å². The van der Waals surface area contributed by atoms with E-state index < -0.39 is 5.56 Å². The number of rotatable bonds is 2. The molecule has 26 heavy (non-hydrogen) atoms. The first-order valence-corrected chi connectivity index (χ1v) is 8.38. The molecule has 0 atom stereocenters. The minimum atomic E-state index is -0.404. The first-order chi connectivity index (χ1) is 12.6. The van der Waals surface area contributed by atoms with Gasteiger partial charge in [0.05, 0.1) is 0 Å². The molecule has 1 aliphatic rings. The van der Waals surface area contributed by atoms with E-state index in [1.165, 1.54) is 12.3 Å². The van der Waals surface area contributed by atoms with Crippen molar-refractivity contribution in [3.8, 4) is 0 Å². The summed E-state index contributed by atoms with van der Waals surface area (Å²) in [5.74, 6) is -0.209. The monoisotopic (exact) mass is 351 g/mol. The Morgan fingerprint density at radius 1 is 0.923 bits per heavy atom. The highest BCUT2D eigenvalue weighted by Crippen LogP contribution is 2.20. The number of carbonyl (C=O) groups is 2. The summed E-state index contributed by atoms with van der Waals surface area (Å²) in [5.41, 5.74) is 0.385. The number of nitrogens with one attached hydrogen (secondary N) is 1. The number of piperazine rings is 1. The number of pyridine rings is 1. The average molecular weight is 351 g/mol. The van der Waals surface area contributed by atoms with E-state index in [2.05, 4.69) is 4.98 Å². The summed E-state index contributed by atoms with van der Waals surface area (Å²) in [6, 6.07) is 12.3. The summed E-state index contributed by atoms with van der Waals surface area (Å²) in [5, 5.41) is 0.882. The van der Waals surface area contributed by atoms with Gasteiger partial charge in [-0.1, -0.05) is 18.2 Å². The van der Waals surface area contributed by atoms with Gasteiger partial charge >= 0.3 is 0 Å². The average Bonchev–Trinajstić information content (AvgIpc) is 3.11. The first-order valence-electron chi connectivity index (χ1n) is 8.38. The summed E-state index contributed by atoms with van der Waals surface area (Å²) < 4.78 is 5.63. The van der Waals surface area contributed by atoms with E-state index in [1.54, 1.807) is 21.9 Å². The molecular weight excluding hydrogens is 334 g/mol. The van der Waals surface area contributed by atoms with Gasteiger partial charge in [0, 0.05) is 37.8 Å². The molecule has 2 amide bonds. The standard InChI is InChI=1S/C19H17N3O4/c23-17-14(5-3-7-20-17)18(24)21-8-10-22(11-9-21)19(25)16-12-13-4-1-2-6-15(13)26-16/h1-7,12H,8-11H2,(H,20,23). The summed E-state index contributed by atoms with van der Waals surface area (Å²) in [6.07, 6.45) is 1.49. The van der Waals surface area contributed by atoms with Gasteiger partial charge in [-0.25, -0.2) is 0 Å². The number of hydrogen-bond donors (Lipinski definition) is 1. The van der Waals surface area contributed by atoms with Gasteiger partial charge in [0.2, 0.25) is 0 Å². The number of H-pyrrole nitrogens is 1. The van der Waals surface area contributed by atoms with E-state index in [4.69, 9.17) is 4.42 Å². The van der Waals surface area contributed by atoms with Gasteiger partial charge in [0.1, 0.15) is 11.1 Å². The van der Waals surface area contributed by atoms with Gasteiger partial charge in [0.15, 0.2) is 5.76 Å². The van der Waals surface area contributed by atoms with Crippen molar-refractivity contribution < 1.29 is 14.0 Å². The first kappa shape index (κ1) is 16.1. The van der Waals surface area contributed by atoms with Gasteiger partial charge in [-0.15, -0.1) is 0 Å². The lowest BCUT2D eigenvalue weighted by atomic mass is 10.2. The molecule has 0 aliphatic carbocycles. The fraction of sp³-hybridized carbons (Fsp3) is 0.211. The normalized spacial score (nSPS) is 14.6. The van der Waals surface area contributed by atoms with Crippen molar-refractivity contribution in [1.82, 2.24) is 14.8 Å². The maximum absolute atomic E-state index is 12.6. The van der Waals surface area contributed by atoms with Crippen molar-refractivity contribution in [2.24, 2.45) is 0 Å². The Morgan fingerprint density at radius 3 is 2.31 bits per heavy atom. The zero-order chi connectivity index (χ0) is 18.1. The van der Waals surface area contributed by atoms with Crippen molar-refractivity contribution in [1.29, 1.82) is 0 Å². The Labute approximate surface area is 148 Å². The molecule has 2 aromatic heterocycles. The molecule has 3 heterocycles. The topological polar surface area (TPSA) is 86.6 Å². The highest BCUT2D eigenvalue weighted by molar-refractivity contribution is 5.97. The number of benzene rings is 1. The number of furan rings is 1. The van der Waals surface area contributed by atoms with Crippen molar-refractivity contribution in [3.05, 3.63) is 70.3 Å². The lowest BCUT2D eigenvalue weighted by molar-refractivity contribution is 0.0518. The molecule has 1 aliphatic heterocycles. The van der Waals surface area contributed by atoms with Crippen molar-refractivity contribution in [2.75, 3.05) is 26.2 Å². The Morgan fingerprint density at radius 2 is 1.62 bits per heavy atom. The quantitative estimate of drug-likeness (QED) is 0.762. The van der Waals surface area contributed by atoms with Gasteiger partial charge < -0.3 is 19.2 Å². The summed E-state index contributed by atoms with van der Waals surface area (Å²) in [4.78, 5) is 42.6. The van der Waals surface area contributed by atoms with Crippen LogP contribution in [0.25, 0.3) is 11.0 Å². The van der Waals surface area contributed by atoms with Crippen LogP contribution in [0.2, 0.25) is 0 Å². The second kappa shape index (κ2) is 6.51. The number of aromatic amines is 1. The number of nitrogens with zero attached hydrogens (tertiary/aromatic N) is 2. The molecule has 7 heteroatoms.